The van der Waals surface area contributed by atoms with Crippen LogP contribution < -0.4 is 10.5 Å². The Morgan fingerprint density at radius 2 is 2.22 bits per heavy atom. The molecule has 0 radical (unpaired) electrons. The first-order valence-electron chi connectivity index (χ1n) is 5.03. The molecular weight excluding hydrogens is 278 g/mol. The Kier molecular flexibility index (Phi) is 3.21. The van der Waals surface area contributed by atoms with Crippen molar-refractivity contribution in [1.29, 1.82) is 0 Å². The summed E-state index contributed by atoms with van der Waals surface area (Å²) in [6, 6.07) is 2.43. The van der Waals surface area contributed by atoms with Crippen LogP contribution in [0.25, 0.3) is 0 Å². The number of rotatable bonds is 2. The summed E-state index contributed by atoms with van der Waals surface area (Å²) in [4.78, 5) is 10.7. The molecule has 3 N–H and O–H groups in total. The van der Waals surface area contributed by atoms with Crippen LogP contribution in [-0.2, 0) is 10.0 Å². The largest absolute Gasteiger partial charge is 0.375 e. The second-order valence-corrected chi connectivity index (χ2v) is 6.60. The highest BCUT2D eigenvalue weighted by Crippen LogP contribution is 2.41. The SMILES string of the molecule is C[C@@H]1CSc2cc(S(N)(=O)=O)cc([N+](=O)[O-])c2N1. The lowest BCUT2D eigenvalue weighted by Gasteiger charge is -2.23. The second-order valence-electron chi connectivity index (χ2n) is 3.97. The standard InChI is InChI=1S/C9H11N3O4S2/c1-5-4-17-8-3-6(18(10,15)16)2-7(12(13)14)9(8)11-5/h2-3,5,11H,4H2,1H3,(H2,10,15,16)/t5-/m1/s1. The Morgan fingerprint density at radius 3 is 2.78 bits per heavy atom. The van der Waals surface area contributed by atoms with E-state index < -0.39 is 14.9 Å². The third kappa shape index (κ3) is 2.42. The third-order valence-electron chi connectivity index (χ3n) is 2.46. The highest BCUT2D eigenvalue weighted by atomic mass is 32.2. The number of hydrogen-bond donors (Lipinski definition) is 2. The number of benzene rings is 1. The van der Waals surface area contributed by atoms with Gasteiger partial charge in [0.2, 0.25) is 10.0 Å². The highest BCUT2D eigenvalue weighted by Gasteiger charge is 2.27. The number of nitro benzene ring substituents is 1. The molecule has 0 bridgehead atoms. The molecule has 1 aromatic rings. The van der Waals surface area contributed by atoms with Crippen molar-refractivity contribution in [1.82, 2.24) is 0 Å². The van der Waals surface area contributed by atoms with Crippen LogP contribution in [0, 0.1) is 10.1 Å². The van der Waals surface area contributed by atoms with Gasteiger partial charge in [-0.15, -0.1) is 11.8 Å². The average molecular weight is 289 g/mol. The van der Waals surface area contributed by atoms with Gasteiger partial charge in [-0.2, -0.15) is 0 Å². The van der Waals surface area contributed by atoms with Gasteiger partial charge in [0.05, 0.1) is 9.82 Å². The second kappa shape index (κ2) is 4.41. The Balaban J connectivity index is 2.67. The van der Waals surface area contributed by atoms with Crippen molar-refractivity contribution in [3.05, 3.63) is 22.2 Å². The van der Waals surface area contributed by atoms with Gasteiger partial charge >= 0.3 is 0 Å². The molecule has 1 aliphatic heterocycles. The fraction of sp³-hybridized carbons (Fsp3) is 0.333. The van der Waals surface area contributed by atoms with Gasteiger partial charge in [0.15, 0.2) is 0 Å². The number of anilines is 1. The monoisotopic (exact) mass is 289 g/mol. The van der Waals surface area contributed by atoms with E-state index in [0.29, 0.717) is 16.3 Å². The zero-order valence-corrected chi connectivity index (χ0v) is 11.0. The van der Waals surface area contributed by atoms with Crippen LogP contribution in [0.2, 0.25) is 0 Å². The molecule has 1 heterocycles. The number of nitrogens with two attached hydrogens (primary N) is 1. The van der Waals surface area contributed by atoms with Crippen molar-refractivity contribution >= 4 is 33.2 Å². The first kappa shape index (κ1) is 13.1. The van der Waals surface area contributed by atoms with Gasteiger partial charge in [-0.1, -0.05) is 0 Å². The van der Waals surface area contributed by atoms with Gasteiger partial charge in [-0.05, 0) is 13.0 Å². The van der Waals surface area contributed by atoms with Gasteiger partial charge < -0.3 is 5.32 Å². The predicted molar refractivity (Wildman–Crippen MR) is 68.3 cm³/mol. The number of fused-ring (bicyclic) bond motifs is 1. The molecule has 18 heavy (non-hydrogen) atoms. The lowest BCUT2D eigenvalue weighted by molar-refractivity contribution is -0.384. The van der Waals surface area contributed by atoms with Crippen LogP contribution >= 0.6 is 11.8 Å². The maximum atomic E-state index is 11.3. The summed E-state index contributed by atoms with van der Waals surface area (Å²) in [5.41, 5.74) is 0.0896. The van der Waals surface area contributed by atoms with Gasteiger partial charge in [-0.25, -0.2) is 13.6 Å². The number of nitrogens with zero attached hydrogens (tertiary/aromatic N) is 1. The molecule has 1 aromatic carbocycles. The smallest absolute Gasteiger partial charge is 0.294 e. The van der Waals surface area contributed by atoms with E-state index in [9.17, 15) is 18.5 Å². The minimum atomic E-state index is -3.95. The van der Waals surface area contributed by atoms with E-state index in [4.69, 9.17) is 5.14 Å². The quantitative estimate of drug-likeness (QED) is 0.623. The van der Waals surface area contributed by atoms with E-state index in [1.54, 1.807) is 0 Å². The molecule has 0 saturated carbocycles. The molecule has 0 saturated heterocycles. The number of sulfonamides is 1. The van der Waals surface area contributed by atoms with E-state index in [0.717, 1.165) is 6.07 Å². The van der Waals surface area contributed by atoms with Crippen molar-refractivity contribution < 1.29 is 13.3 Å². The summed E-state index contributed by atoms with van der Waals surface area (Å²) in [5, 5.41) is 19.0. The predicted octanol–water partition coefficient (Wildman–Crippen LogP) is 1.15. The lowest BCUT2D eigenvalue weighted by Crippen LogP contribution is -2.23. The summed E-state index contributed by atoms with van der Waals surface area (Å²) in [7, 11) is -3.95. The maximum Gasteiger partial charge on any atom is 0.294 e. The fourth-order valence-electron chi connectivity index (χ4n) is 1.65. The van der Waals surface area contributed by atoms with Gasteiger partial charge in [-0.3, -0.25) is 10.1 Å². The van der Waals surface area contributed by atoms with Crippen LogP contribution in [0.15, 0.2) is 21.9 Å². The number of thioether (sulfide) groups is 1. The highest BCUT2D eigenvalue weighted by molar-refractivity contribution is 7.99. The molecule has 1 aliphatic rings. The van der Waals surface area contributed by atoms with Crippen molar-refractivity contribution in [3.63, 3.8) is 0 Å². The van der Waals surface area contributed by atoms with Gasteiger partial charge in [0.25, 0.3) is 5.69 Å². The van der Waals surface area contributed by atoms with E-state index >= 15 is 0 Å². The Morgan fingerprint density at radius 1 is 1.56 bits per heavy atom. The zero-order chi connectivity index (χ0) is 13.5. The topological polar surface area (TPSA) is 115 Å². The normalized spacial score (nSPS) is 18.9. The van der Waals surface area contributed by atoms with Crippen molar-refractivity contribution in [2.75, 3.05) is 11.1 Å². The van der Waals surface area contributed by atoms with Crippen LogP contribution in [0.5, 0.6) is 0 Å². The van der Waals surface area contributed by atoms with Crippen molar-refractivity contribution in [3.8, 4) is 0 Å². The molecule has 7 nitrogen and oxygen atoms in total. The minimum Gasteiger partial charge on any atom is -0.375 e. The van der Waals surface area contributed by atoms with Crippen LogP contribution in [-0.4, -0.2) is 25.1 Å². The summed E-state index contributed by atoms with van der Waals surface area (Å²) < 4.78 is 22.6. The van der Waals surface area contributed by atoms with Crippen molar-refractivity contribution in [2.24, 2.45) is 5.14 Å². The average Bonchev–Trinajstić information content (AvgIpc) is 2.25. The zero-order valence-electron chi connectivity index (χ0n) is 9.41. The first-order valence-corrected chi connectivity index (χ1v) is 7.57. The number of nitro groups is 1. The number of hydrogen-bond acceptors (Lipinski definition) is 6. The summed E-state index contributed by atoms with van der Waals surface area (Å²) >= 11 is 1.37. The maximum absolute atomic E-state index is 11.3. The van der Waals surface area contributed by atoms with Gasteiger partial charge in [0.1, 0.15) is 5.69 Å². The summed E-state index contributed by atoms with van der Waals surface area (Å²) in [6.07, 6.45) is 0. The fourth-order valence-corrected chi connectivity index (χ4v) is 3.31. The summed E-state index contributed by atoms with van der Waals surface area (Å²) in [5.74, 6) is 0.707. The Labute approximate surface area is 108 Å². The van der Waals surface area contributed by atoms with Crippen LogP contribution in [0.4, 0.5) is 11.4 Å². The molecule has 0 aliphatic carbocycles. The van der Waals surface area contributed by atoms with E-state index in [1.807, 2.05) is 6.92 Å². The number of primary sulfonamides is 1. The van der Waals surface area contributed by atoms with Gasteiger partial charge in [0, 0.05) is 22.8 Å². The van der Waals surface area contributed by atoms with E-state index in [1.165, 1.54) is 17.8 Å². The Bertz CT molecular complexity index is 614. The molecule has 2 rings (SSSR count). The molecule has 98 valence electrons. The molecule has 9 heteroatoms. The molecule has 1 atom stereocenters. The lowest BCUT2D eigenvalue weighted by atomic mass is 10.2. The number of nitrogens with one attached hydrogen (secondary N) is 1. The Hall–Kier alpha value is -1.32. The van der Waals surface area contributed by atoms with E-state index in [2.05, 4.69) is 5.32 Å². The van der Waals surface area contributed by atoms with Crippen LogP contribution in [0.1, 0.15) is 6.92 Å². The molecule has 0 spiro atoms. The molecule has 0 unspecified atom stereocenters. The van der Waals surface area contributed by atoms with E-state index in [-0.39, 0.29) is 16.6 Å². The van der Waals surface area contributed by atoms with Crippen molar-refractivity contribution in [2.45, 2.75) is 22.8 Å². The molecule has 0 amide bonds. The molecular formula is C9H11N3O4S2. The molecule has 0 fully saturated rings. The first-order chi connectivity index (χ1) is 8.29. The minimum absolute atomic E-state index is 0.0848. The third-order valence-corrected chi connectivity index (χ3v) is 4.65. The van der Waals surface area contributed by atoms with Crippen LogP contribution in [0.3, 0.4) is 0 Å². The summed E-state index contributed by atoms with van der Waals surface area (Å²) in [6.45, 7) is 1.90. The molecule has 0 aromatic heterocycles.